The van der Waals surface area contributed by atoms with Gasteiger partial charge in [0.05, 0.1) is 0 Å². The van der Waals surface area contributed by atoms with Crippen molar-refractivity contribution in [1.82, 2.24) is 0 Å². The van der Waals surface area contributed by atoms with Gasteiger partial charge in [-0.15, -0.1) is 0 Å². The van der Waals surface area contributed by atoms with Gasteiger partial charge >= 0.3 is 33.0 Å². The van der Waals surface area contributed by atoms with E-state index in [4.69, 9.17) is 0 Å². The van der Waals surface area contributed by atoms with Gasteiger partial charge < -0.3 is 5.73 Å². The monoisotopic (exact) mass is 219 g/mol. The van der Waals surface area contributed by atoms with E-state index in [0.29, 0.717) is 6.54 Å². The van der Waals surface area contributed by atoms with Crippen molar-refractivity contribution < 1.29 is 35.7 Å². The van der Waals surface area contributed by atoms with Crippen LogP contribution in [0.5, 0.6) is 0 Å². The standard InChI is InChI=1S/C3H7NO.F6P/c1-3(5)2-4;1-7(2,3,4,5)6/h2,4H2,1H3;/q;-1/p+1. The minimum atomic E-state index is -10.7. The number of hydrogen-bond acceptors (Lipinski definition) is 1. The van der Waals surface area contributed by atoms with E-state index in [-0.39, 0.29) is 5.78 Å². The molecule has 3 N–H and O–H groups in total. The minimum absolute atomic E-state index is 0.144. The average molecular weight is 219 g/mol. The molecule has 0 amide bonds. The van der Waals surface area contributed by atoms with Crippen LogP contribution in [0.1, 0.15) is 6.92 Å². The summed E-state index contributed by atoms with van der Waals surface area (Å²) in [7, 11) is -10.7. The van der Waals surface area contributed by atoms with Gasteiger partial charge in [0.1, 0.15) is 6.54 Å². The normalized spacial score (nSPS) is 16.7. The van der Waals surface area contributed by atoms with Crippen molar-refractivity contribution in [3.63, 3.8) is 0 Å². The van der Waals surface area contributed by atoms with Crippen LogP contribution in [0.15, 0.2) is 0 Å². The second-order valence-corrected chi connectivity index (χ2v) is 3.83. The molecule has 12 heavy (non-hydrogen) atoms. The fourth-order valence-electron chi connectivity index (χ4n) is 0. The molecule has 2 nitrogen and oxygen atoms in total. The predicted octanol–water partition coefficient (Wildman–Crippen LogP) is 2.20. The van der Waals surface area contributed by atoms with Crippen molar-refractivity contribution >= 4 is 13.6 Å². The molecule has 0 aromatic rings. The van der Waals surface area contributed by atoms with Gasteiger partial charge in [0.15, 0.2) is 5.78 Å². The Morgan fingerprint density at radius 2 is 1.25 bits per heavy atom. The molecule has 0 aliphatic carbocycles. The Morgan fingerprint density at radius 1 is 1.17 bits per heavy atom. The van der Waals surface area contributed by atoms with E-state index >= 15 is 0 Å². The third kappa shape index (κ3) is 268. The fraction of sp³-hybridized carbons (Fsp3) is 0.667. The van der Waals surface area contributed by atoms with Crippen LogP contribution >= 0.6 is 7.81 Å². The maximum atomic E-state index is 9.87. The van der Waals surface area contributed by atoms with Gasteiger partial charge in [-0.25, -0.2) is 0 Å². The molecule has 0 spiro atoms. The molecule has 0 aliphatic rings. The topological polar surface area (TPSA) is 44.7 Å². The third-order valence-electron chi connectivity index (χ3n) is 0.352. The number of halogens is 6. The zero-order chi connectivity index (χ0) is 10.7. The molecule has 0 fully saturated rings. The molecule has 0 rings (SSSR count). The molecule has 0 heterocycles. The van der Waals surface area contributed by atoms with E-state index in [1.807, 2.05) is 0 Å². The van der Waals surface area contributed by atoms with Crippen molar-refractivity contribution in [3.05, 3.63) is 0 Å². The van der Waals surface area contributed by atoms with Crippen LogP contribution in [-0.4, -0.2) is 12.3 Å². The molecule has 0 aliphatic heterocycles. The number of ketones is 1. The first kappa shape index (κ1) is 14.2. The van der Waals surface area contributed by atoms with Crippen LogP contribution in [0.2, 0.25) is 0 Å². The van der Waals surface area contributed by atoms with Crippen LogP contribution in [0.3, 0.4) is 0 Å². The molecule has 0 aromatic carbocycles. The van der Waals surface area contributed by atoms with E-state index in [9.17, 15) is 30.0 Å². The van der Waals surface area contributed by atoms with Crippen molar-refractivity contribution in [2.24, 2.45) is 0 Å². The molecule has 0 saturated heterocycles. The molecule has 0 radical (unpaired) electrons. The number of Topliss-reactive ketones (excluding diaryl/α,β-unsaturated/α-hetero) is 1. The summed E-state index contributed by atoms with van der Waals surface area (Å²) in [6.45, 7) is 1.94. The summed E-state index contributed by atoms with van der Waals surface area (Å²) in [6.07, 6.45) is 0. The second kappa shape index (κ2) is 2.85. The SMILES string of the molecule is CC(=O)C[NH3+].F[P-](F)(F)(F)(F)F. The number of carbonyl (C=O) groups excluding carboxylic acids is 1. The summed E-state index contributed by atoms with van der Waals surface area (Å²) < 4.78 is 59.2. The molecule has 0 unspecified atom stereocenters. The Labute approximate surface area is 64.0 Å². The van der Waals surface area contributed by atoms with E-state index in [0.717, 1.165) is 0 Å². The first-order valence-corrected chi connectivity index (χ1v) is 4.60. The van der Waals surface area contributed by atoms with Crippen LogP contribution < -0.4 is 5.73 Å². The molecule has 78 valence electrons. The van der Waals surface area contributed by atoms with Crippen molar-refractivity contribution in [1.29, 1.82) is 0 Å². The Hall–Kier alpha value is -0.360. The van der Waals surface area contributed by atoms with Crippen LogP contribution in [0.4, 0.5) is 25.2 Å². The van der Waals surface area contributed by atoms with Gasteiger partial charge in [-0.3, -0.25) is 4.79 Å². The average Bonchev–Trinajstić information content (AvgIpc) is 1.56. The number of hydrogen-bond donors (Lipinski definition) is 1. The number of carbonyl (C=O) groups is 1. The van der Waals surface area contributed by atoms with Gasteiger partial charge in [-0.2, -0.15) is 0 Å². The van der Waals surface area contributed by atoms with Gasteiger partial charge in [-0.1, -0.05) is 0 Å². The Morgan fingerprint density at radius 3 is 1.25 bits per heavy atom. The van der Waals surface area contributed by atoms with Crippen LogP contribution in [0.25, 0.3) is 0 Å². The van der Waals surface area contributed by atoms with E-state index in [1.165, 1.54) is 6.92 Å². The summed E-state index contributed by atoms with van der Waals surface area (Å²) in [5.41, 5.74) is 3.34. The zero-order valence-corrected chi connectivity index (χ0v) is 6.93. The first-order chi connectivity index (χ1) is 4.72. The Bertz CT molecular complexity index is 156. The fourth-order valence-corrected chi connectivity index (χ4v) is 0. The Balaban J connectivity index is 0. The summed E-state index contributed by atoms with van der Waals surface area (Å²) in [4.78, 5) is 9.75. The molecule has 0 saturated carbocycles. The summed E-state index contributed by atoms with van der Waals surface area (Å²) in [5.74, 6) is 0.144. The summed E-state index contributed by atoms with van der Waals surface area (Å²) in [5, 5.41) is 0. The van der Waals surface area contributed by atoms with E-state index in [1.54, 1.807) is 0 Å². The molecule has 0 aromatic heterocycles. The predicted molar refractivity (Wildman–Crippen MR) is 32.0 cm³/mol. The number of quaternary nitrogens is 1. The van der Waals surface area contributed by atoms with Crippen LogP contribution in [-0.2, 0) is 4.79 Å². The third-order valence-corrected chi connectivity index (χ3v) is 0.352. The molecule has 0 bridgehead atoms. The second-order valence-electron chi connectivity index (χ2n) is 1.91. The van der Waals surface area contributed by atoms with Crippen molar-refractivity contribution in [2.75, 3.05) is 6.54 Å². The van der Waals surface area contributed by atoms with E-state index in [2.05, 4.69) is 5.73 Å². The quantitative estimate of drug-likeness (QED) is 0.533. The Kier molecular flexibility index (Phi) is 3.36. The molecular formula is C3H8F6NOP. The van der Waals surface area contributed by atoms with Crippen LogP contribution in [0, 0.1) is 0 Å². The maximum absolute atomic E-state index is 10.7. The zero-order valence-electron chi connectivity index (χ0n) is 6.04. The van der Waals surface area contributed by atoms with E-state index < -0.39 is 7.81 Å². The molecular weight excluding hydrogens is 211 g/mol. The first-order valence-electron chi connectivity index (χ1n) is 2.57. The van der Waals surface area contributed by atoms with Gasteiger partial charge in [0.25, 0.3) is 0 Å². The number of rotatable bonds is 1. The van der Waals surface area contributed by atoms with Gasteiger partial charge in [0, 0.05) is 6.92 Å². The van der Waals surface area contributed by atoms with Gasteiger partial charge in [0.2, 0.25) is 0 Å². The van der Waals surface area contributed by atoms with Gasteiger partial charge in [-0.05, 0) is 0 Å². The van der Waals surface area contributed by atoms with Crippen molar-refractivity contribution in [2.45, 2.75) is 6.92 Å². The molecule has 0 atom stereocenters. The summed E-state index contributed by atoms with van der Waals surface area (Å²) >= 11 is 0. The molecule has 9 heteroatoms. The van der Waals surface area contributed by atoms with Crippen molar-refractivity contribution in [3.8, 4) is 0 Å². The summed E-state index contributed by atoms with van der Waals surface area (Å²) in [6, 6.07) is 0.